The number of hydrogen-bond acceptors (Lipinski definition) is 5. The molecule has 1 fully saturated rings. The molecule has 2 atom stereocenters. The van der Waals surface area contributed by atoms with Gasteiger partial charge in [-0.1, -0.05) is 18.1 Å². The van der Waals surface area contributed by atoms with Gasteiger partial charge in [0.1, 0.15) is 0 Å². The molecule has 7 nitrogen and oxygen atoms in total. The molecular weight excluding hydrogens is 220 g/mol. The van der Waals surface area contributed by atoms with Gasteiger partial charge in [0.15, 0.2) is 5.82 Å². The Kier molecular flexibility index (Phi) is 4.03. The monoisotopic (exact) mass is 238 g/mol. The minimum absolute atomic E-state index is 0.0178. The van der Waals surface area contributed by atoms with E-state index in [4.69, 9.17) is 0 Å². The van der Waals surface area contributed by atoms with Crippen molar-refractivity contribution in [1.82, 2.24) is 31.3 Å². The fourth-order valence-electron chi connectivity index (χ4n) is 1.98. The first-order valence-corrected chi connectivity index (χ1v) is 6.04. The molecule has 2 unspecified atom stereocenters. The average Bonchev–Trinajstić information content (AvgIpc) is 2.71. The highest BCUT2D eigenvalue weighted by Gasteiger charge is 2.22. The van der Waals surface area contributed by atoms with Gasteiger partial charge in [0.2, 0.25) is 5.91 Å². The van der Waals surface area contributed by atoms with Crippen molar-refractivity contribution < 1.29 is 4.79 Å². The molecule has 2 rings (SSSR count). The third-order valence-corrected chi connectivity index (χ3v) is 2.98. The number of tetrazole rings is 1. The Balaban J connectivity index is 1.87. The summed E-state index contributed by atoms with van der Waals surface area (Å²) in [6.07, 6.45) is 4.33. The van der Waals surface area contributed by atoms with Crippen molar-refractivity contribution in [3.8, 4) is 0 Å². The van der Waals surface area contributed by atoms with Crippen LogP contribution in [0.25, 0.3) is 0 Å². The molecule has 0 aliphatic carbocycles. The van der Waals surface area contributed by atoms with Crippen LogP contribution in [-0.4, -0.2) is 39.1 Å². The number of H-pyrrole nitrogens is 1. The lowest BCUT2D eigenvalue weighted by molar-refractivity contribution is -0.123. The van der Waals surface area contributed by atoms with E-state index in [-0.39, 0.29) is 18.0 Å². The first-order valence-electron chi connectivity index (χ1n) is 6.04. The van der Waals surface area contributed by atoms with E-state index in [1.807, 2.05) is 6.92 Å². The van der Waals surface area contributed by atoms with Crippen molar-refractivity contribution in [2.45, 2.75) is 44.7 Å². The molecule has 94 valence electrons. The summed E-state index contributed by atoms with van der Waals surface area (Å²) in [5.74, 6) is 0.524. The van der Waals surface area contributed by atoms with E-state index >= 15 is 0 Å². The van der Waals surface area contributed by atoms with E-state index < -0.39 is 0 Å². The molecular formula is C10H18N6O. The number of amides is 1. The van der Waals surface area contributed by atoms with Crippen molar-refractivity contribution in [2.24, 2.45) is 0 Å². The van der Waals surface area contributed by atoms with E-state index in [1.165, 1.54) is 6.42 Å². The number of carbonyl (C=O) groups excluding carboxylic acids is 1. The highest BCUT2D eigenvalue weighted by Crippen LogP contribution is 2.10. The second-order valence-corrected chi connectivity index (χ2v) is 4.36. The Bertz CT molecular complexity index is 344. The van der Waals surface area contributed by atoms with Crippen LogP contribution in [0.4, 0.5) is 0 Å². The van der Waals surface area contributed by atoms with Gasteiger partial charge in [-0.2, -0.15) is 5.21 Å². The summed E-state index contributed by atoms with van der Waals surface area (Å²) in [6, 6.07) is -0.307. The summed E-state index contributed by atoms with van der Waals surface area (Å²) in [4.78, 5) is 12.0. The number of aromatic amines is 1. The quantitative estimate of drug-likeness (QED) is 0.684. The van der Waals surface area contributed by atoms with E-state index in [0.717, 1.165) is 25.8 Å². The van der Waals surface area contributed by atoms with Gasteiger partial charge in [-0.05, 0) is 26.3 Å². The fourth-order valence-corrected chi connectivity index (χ4v) is 1.98. The zero-order valence-corrected chi connectivity index (χ0v) is 9.94. The molecule has 0 spiro atoms. The van der Waals surface area contributed by atoms with Crippen molar-refractivity contribution in [3.05, 3.63) is 5.82 Å². The van der Waals surface area contributed by atoms with Crippen molar-refractivity contribution >= 4 is 5.91 Å². The fraction of sp³-hybridized carbons (Fsp3) is 0.800. The molecule has 3 N–H and O–H groups in total. The number of nitrogens with one attached hydrogen (secondary N) is 3. The highest BCUT2D eigenvalue weighted by atomic mass is 16.2. The van der Waals surface area contributed by atoms with E-state index in [0.29, 0.717) is 5.82 Å². The first kappa shape index (κ1) is 12.0. The first-order chi connectivity index (χ1) is 8.27. The highest BCUT2D eigenvalue weighted by molar-refractivity contribution is 5.82. The number of hydrogen-bond donors (Lipinski definition) is 3. The van der Waals surface area contributed by atoms with Crippen LogP contribution in [0.2, 0.25) is 0 Å². The van der Waals surface area contributed by atoms with Crippen LogP contribution in [0, 0.1) is 0 Å². The SMILES string of the molecule is CC(NC(=O)C1CCCCCN1)c1nn[nH]n1. The van der Waals surface area contributed by atoms with Crippen LogP contribution in [0.5, 0.6) is 0 Å². The Hall–Kier alpha value is -1.50. The largest absolute Gasteiger partial charge is 0.345 e. The summed E-state index contributed by atoms with van der Waals surface area (Å²) in [6.45, 7) is 2.76. The van der Waals surface area contributed by atoms with Crippen molar-refractivity contribution in [3.63, 3.8) is 0 Å². The van der Waals surface area contributed by atoms with Gasteiger partial charge < -0.3 is 10.6 Å². The minimum Gasteiger partial charge on any atom is -0.345 e. The molecule has 1 aliphatic rings. The average molecular weight is 238 g/mol. The summed E-state index contributed by atoms with van der Waals surface area (Å²) < 4.78 is 0. The maximum atomic E-state index is 12.0. The van der Waals surface area contributed by atoms with E-state index in [2.05, 4.69) is 31.3 Å². The van der Waals surface area contributed by atoms with Crippen LogP contribution in [0.3, 0.4) is 0 Å². The molecule has 2 heterocycles. The molecule has 1 aromatic rings. The Morgan fingerprint density at radius 3 is 3.12 bits per heavy atom. The molecule has 1 aliphatic heterocycles. The zero-order chi connectivity index (χ0) is 12.1. The normalized spacial score (nSPS) is 22.8. The van der Waals surface area contributed by atoms with Gasteiger partial charge in [-0.15, -0.1) is 10.2 Å². The van der Waals surface area contributed by atoms with Gasteiger partial charge in [0.05, 0.1) is 12.1 Å². The Labute approximate surface area is 99.7 Å². The zero-order valence-electron chi connectivity index (χ0n) is 9.94. The maximum Gasteiger partial charge on any atom is 0.237 e. The molecule has 0 aromatic carbocycles. The molecule has 0 bridgehead atoms. The molecule has 0 radical (unpaired) electrons. The second-order valence-electron chi connectivity index (χ2n) is 4.36. The third-order valence-electron chi connectivity index (χ3n) is 2.98. The van der Waals surface area contributed by atoms with Gasteiger partial charge in [0, 0.05) is 0 Å². The molecule has 0 saturated carbocycles. The second kappa shape index (κ2) is 5.72. The summed E-state index contributed by atoms with van der Waals surface area (Å²) >= 11 is 0. The molecule has 1 amide bonds. The number of rotatable bonds is 3. The number of nitrogens with zero attached hydrogens (tertiary/aromatic N) is 3. The maximum absolute atomic E-state index is 12.0. The van der Waals surface area contributed by atoms with Gasteiger partial charge in [-0.25, -0.2) is 0 Å². The molecule has 17 heavy (non-hydrogen) atoms. The van der Waals surface area contributed by atoms with Crippen LogP contribution in [0.15, 0.2) is 0 Å². The van der Waals surface area contributed by atoms with Crippen LogP contribution >= 0.6 is 0 Å². The molecule has 1 saturated heterocycles. The van der Waals surface area contributed by atoms with E-state index in [9.17, 15) is 4.79 Å². The van der Waals surface area contributed by atoms with Crippen LogP contribution in [0.1, 0.15) is 44.5 Å². The smallest absolute Gasteiger partial charge is 0.237 e. The van der Waals surface area contributed by atoms with Gasteiger partial charge in [-0.3, -0.25) is 4.79 Å². The predicted octanol–water partition coefficient (Wildman–Crippen LogP) is -0.0909. The Morgan fingerprint density at radius 1 is 1.47 bits per heavy atom. The van der Waals surface area contributed by atoms with Crippen molar-refractivity contribution in [2.75, 3.05) is 6.54 Å². The Morgan fingerprint density at radius 2 is 2.35 bits per heavy atom. The lowest BCUT2D eigenvalue weighted by Gasteiger charge is -2.17. The van der Waals surface area contributed by atoms with Crippen LogP contribution < -0.4 is 10.6 Å². The van der Waals surface area contributed by atoms with Gasteiger partial charge in [0.25, 0.3) is 0 Å². The number of aromatic nitrogens is 4. The standard InChI is InChI=1S/C10H18N6O/c1-7(9-13-15-16-14-9)12-10(17)8-5-3-2-4-6-11-8/h7-8,11H,2-6H2,1H3,(H,12,17)(H,13,14,15,16). The lowest BCUT2D eigenvalue weighted by Crippen LogP contribution is -2.44. The lowest BCUT2D eigenvalue weighted by atomic mass is 10.1. The molecule has 1 aromatic heterocycles. The number of carbonyl (C=O) groups is 1. The summed E-state index contributed by atoms with van der Waals surface area (Å²) in [5, 5.41) is 19.7. The summed E-state index contributed by atoms with van der Waals surface area (Å²) in [7, 11) is 0. The third kappa shape index (κ3) is 3.23. The topological polar surface area (TPSA) is 95.6 Å². The summed E-state index contributed by atoms with van der Waals surface area (Å²) in [5.41, 5.74) is 0. The molecule has 7 heteroatoms. The minimum atomic E-state index is -0.216. The van der Waals surface area contributed by atoms with Crippen LogP contribution in [-0.2, 0) is 4.79 Å². The predicted molar refractivity (Wildman–Crippen MR) is 61.0 cm³/mol. The van der Waals surface area contributed by atoms with E-state index in [1.54, 1.807) is 0 Å². The van der Waals surface area contributed by atoms with Crippen molar-refractivity contribution in [1.29, 1.82) is 0 Å². The van der Waals surface area contributed by atoms with Gasteiger partial charge >= 0.3 is 0 Å².